The lowest BCUT2D eigenvalue weighted by Gasteiger charge is -2.25. The molecule has 0 saturated heterocycles. The van der Waals surface area contributed by atoms with E-state index >= 15 is 0 Å². The Balaban J connectivity index is 0.00000385. The minimum atomic E-state index is -4.40. The first-order valence-electron chi connectivity index (χ1n) is 10.3. The van der Waals surface area contributed by atoms with E-state index in [0.717, 1.165) is 17.7 Å². The molecule has 0 aliphatic rings. The maximum Gasteiger partial charge on any atom is 0.416 e. The van der Waals surface area contributed by atoms with Crippen LogP contribution in [0.2, 0.25) is 0 Å². The molecule has 176 valence electrons. The number of hydrogen-bond acceptors (Lipinski definition) is 3. The number of halogens is 4. The molecule has 0 fully saturated rings. The molecule has 0 spiro atoms. The van der Waals surface area contributed by atoms with Gasteiger partial charge < -0.3 is 15.7 Å². The van der Waals surface area contributed by atoms with Crippen molar-refractivity contribution in [3.8, 4) is 0 Å². The summed E-state index contributed by atoms with van der Waals surface area (Å²) in [5.74, 6) is -0.302. The van der Waals surface area contributed by atoms with Gasteiger partial charge in [0, 0.05) is 18.7 Å². The molecule has 0 aliphatic heterocycles. The molecule has 4 nitrogen and oxygen atoms in total. The van der Waals surface area contributed by atoms with Gasteiger partial charge in [0.25, 0.3) is 5.91 Å². The third kappa shape index (κ3) is 8.20. The van der Waals surface area contributed by atoms with Crippen LogP contribution >= 0.6 is 12.4 Å². The van der Waals surface area contributed by atoms with Crippen molar-refractivity contribution in [3.05, 3.63) is 107 Å². The zero-order chi connectivity index (χ0) is 23.0. The number of hydrogen-bond donors (Lipinski definition) is 3. The molecule has 2 atom stereocenters. The van der Waals surface area contributed by atoms with Gasteiger partial charge in [0.2, 0.25) is 0 Å². The van der Waals surface area contributed by atoms with Crippen LogP contribution in [0.1, 0.15) is 27.0 Å². The molecule has 0 aliphatic carbocycles. The Labute approximate surface area is 197 Å². The van der Waals surface area contributed by atoms with Gasteiger partial charge in [-0.05, 0) is 35.7 Å². The fraction of sp³-hybridized carbons (Fsp3) is 0.240. The predicted octanol–water partition coefficient (Wildman–Crippen LogP) is 4.62. The van der Waals surface area contributed by atoms with Crippen LogP contribution in [0.15, 0.2) is 84.9 Å². The van der Waals surface area contributed by atoms with E-state index in [1.807, 2.05) is 36.4 Å². The highest BCUT2D eigenvalue weighted by molar-refractivity contribution is 5.94. The van der Waals surface area contributed by atoms with Gasteiger partial charge in [-0.25, -0.2) is 0 Å². The number of rotatable bonds is 9. The minimum absolute atomic E-state index is 0. The van der Waals surface area contributed by atoms with E-state index in [4.69, 9.17) is 0 Å². The van der Waals surface area contributed by atoms with E-state index in [2.05, 4.69) is 10.6 Å². The molecule has 0 radical (unpaired) electrons. The molecule has 33 heavy (non-hydrogen) atoms. The number of carbonyl (C=O) groups is 1. The van der Waals surface area contributed by atoms with Crippen molar-refractivity contribution >= 4 is 18.3 Å². The van der Waals surface area contributed by atoms with Crippen LogP contribution in [-0.2, 0) is 19.1 Å². The SMILES string of the molecule is Cl.O=C(N[C@@H](Cc1ccccc1)[C@H](O)CNCc1cccc(C(F)(F)F)c1)c1ccccc1. The summed E-state index contributed by atoms with van der Waals surface area (Å²) >= 11 is 0. The van der Waals surface area contributed by atoms with Crippen LogP contribution in [0.25, 0.3) is 0 Å². The zero-order valence-electron chi connectivity index (χ0n) is 17.8. The largest absolute Gasteiger partial charge is 0.416 e. The Kier molecular flexibility index (Phi) is 9.91. The van der Waals surface area contributed by atoms with Gasteiger partial charge in [0.05, 0.1) is 17.7 Å². The maximum atomic E-state index is 12.9. The molecule has 3 aromatic carbocycles. The summed E-state index contributed by atoms with van der Waals surface area (Å²) in [6, 6.07) is 22.6. The zero-order valence-corrected chi connectivity index (χ0v) is 18.6. The highest BCUT2D eigenvalue weighted by Crippen LogP contribution is 2.29. The monoisotopic (exact) mass is 478 g/mol. The molecule has 3 aromatic rings. The fourth-order valence-electron chi connectivity index (χ4n) is 3.36. The second kappa shape index (κ2) is 12.4. The molecule has 0 bridgehead atoms. The molecule has 3 rings (SSSR count). The van der Waals surface area contributed by atoms with Crippen LogP contribution < -0.4 is 10.6 Å². The molecular weight excluding hydrogens is 453 g/mol. The normalized spacial score (nSPS) is 13.0. The number of alkyl halides is 3. The molecule has 0 unspecified atom stereocenters. The summed E-state index contributed by atoms with van der Waals surface area (Å²) in [6.45, 7) is 0.258. The summed E-state index contributed by atoms with van der Waals surface area (Å²) in [7, 11) is 0. The lowest BCUT2D eigenvalue weighted by atomic mass is 10.0. The van der Waals surface area contributed by atoms with Crippen molar-refractivity contribution in [1.29, 1.82) is 0 Å². The first-order chi connectivity index (χ1) is 15.3. The standard InChI is InChI=1S/C25H25F3N2O2.ClH/c26-25(27,28)21-13-7-10-19(14-21)16-29-17-23(31)22(15-18-8-3-1-4-9-18)30-24(32)20-11-5-2-6-12-20;/h1-14,22-23,29,31H,15-17H2,(H,30,32);1H/t22-,23+;/m0./s1. The third-order valence-electron chi connectivity index (χ3n) is 5.05. The van der Waals surface area contributed by atoms with Crippen LogP contribution in [0, 0.1) is 0 Å². The number of aliphatic hydroxyl groups excluding tert-OH is 1. The summed E-state index contributed by atoms with van der Waals surface area (Å²) in [5.41, 5.74) is 1.17. The quantitative estimate of drug-likeness (QED) is 0.420. The first kappa shape index (κ1) is 26.4. The smallest absolute Gasteiger partial charge is 0.390 e. The van der Waals surface area contributed by atoms with Gasteiger partial charge in [-0.15, -0.1) is 12.4 Å². The summed E-state index contributed by atoms with van der Waals surface area (Å²) in [5, 5.41) is 16.6. The van der Waals surface area contributed by atoms with Crippen molar-refractivity contribution in [3.63, 3.8) is 0 Å². The Morgan fingerprint density at radius 2 is 1.48 bits per heavy atom. The average Bonchev–Trinajstić information content (AvgIpc) is 2.79. The van der Waals surface area contributed by atoms with Crippen molar-refractivity contribution < 1.29 is 23.1 Å². The van der Waals surface area contributed by atoms with E-state index in [1.165, 1.54) is 6.07 Å². The second-order valence-corrected chi connectivity index (χ2v) is 7.53. The average molecular weight is 479 g/mol. The third-order valence-corrected chi connectivity index (χ3v) is 5.05. The van der Waals surface area contributed by atoms with Crippen molar-refractivity contribution in [1.82, 2.24) is 10.6 Å². The highest BCUT2D eigenvalue weighted by atomic mass is 35.5. The Hall–Kier alpha value is -2.87. The number of benzene rings is 3. The minimum Gasteiger partial charge on any atom is -0.390 e. The lowest BCUT2D eigenvalue weighted by Crippen LogP contribution is -2.48. The van der Waals surface area contributed by atoms with Crippen LogP contribution in [0.4, 0.5) is 13.2 Å². The second-order valence-electron chi connectivity index (χ2n) is 7.53. The fourth-order valence-corrected chi connectivity index (χ4v) is 3.36. The van der Waals surface area contributed by atoms with Crippen molar-refractivity contribution in [2.75, 3.05) is 6.54 Å². The molecule has 1 amide bonds. The van der Waals surface area contributed by atoms with Crippen LogP contribution in [0.5, 0.6) is 0 Å². The molecule has 0 aromatic heterocycles. The first-order valence-corrected chi connectivity index (χ1v) is 10.3. The van der Waals surface area contributed by atoms with Gasteiger partial charge in [0.1, 0.15) is 0 Å². The Bertz CT molecular complexity index is 1000. The van der Waals surface area contributed by atoms with Crippen LogP contribution in [-0.4, -0.2) is 29.7 Å². The Morgan fingerprint density at radius 3 is 2.12 bits per heavy atom. The number of nitrogens with one attached hydrogen (secondary N) is 2. The van der Waals surface area contributed by atoms with Crippen molar-refractivity contribution in [2.24, 2.45) is 0 Å². The van der Waals surface area contributed by atoms with E-state index in [9.17, 15) is 23.1 Å². The molecule has 8 heteroatoms. The van der Waals surface area contributed by atoms with E-state index in [1.54, 1.807) is 30.3 Å². The van der Waals surface area contributed by atoms with Crippen LogP contribution in [0.3, 0.4) is 0 Å². The molecule has 0 saturated carbocycles. The Morgan fingerprint density at radius 1 is 0.879 bits per heavy atom. The van der Waals surface area contributed by atoms with Crippen molar-refractivity contribution in [2.45, 2.75) is 31.3 Å². The van der Waals surface area contributed by atoms with Gasteiger partial charge in [-0.2, -0.15) is 13.2 Å². The number of carbonyl (C=O) groups excluding carboxylic acids is 1. The number of amides is 1. The van der Waals surface area contributed by atoms with Gasteiger partial charge >= 0.3 is 6.18 Å². The summed E-state index contributed by atoms with van der Waals surface area (Å²) in [4.78, 5) is 12.6. The predicted molar refractivity (Wildman–Crippen MR) is 124 cm³/mol. The maximum absolute atomic E-state index is 12.9. The molecular formula is C25H26ClF3N2O2. The lowest BCUT2D eigenvalue weighted by molar-refractivity contribution is -0.137. The van der Waals surface area contributed by atoms with Gasteiger partial charge in [-0.1, -0.05) is 66.7 Å². The molecule has 3 N–H and O–H groups in total. The van der Waals surface area contributed by atoms with E-state index in [0.29, 0.717) is 17.5 Å². The topological polar surface area (TPSA) is 61.4 Å². The van der Waals surface area contributed by atoms with Gasteiger partial charge in [-0.3, -0.25) is 4.79 Å². The summed E-state index contributed by atoms with van der Waals surface area (Å²) < 4.78 is 38.7. The number of aliphatic hydroxyl groups is 1. The highest BCUT2D eigenvalue weighted by Gasteiger charge is 2.30. The molecule has 0 heterocycles. The summed E-state index contributed by atoms with van der Waals surface area (Å²) in [6.07, 6.45) is -4.95. The van der Waals surface area contributed by atoms with Gasteiger partial charge in [0.15, 0.2) is 0 Å². The van der Waals surface area contributed by atoms with E-state index < -0.39 is 23.9 Å². The van der Waals surface area contributed by atoms with E-state index in [-0.39, 0.29) is 31.4 Å².